The molecule has 2 N–H and O–H groups in total. The summed E-state index contributed by atoms with van der Waals surface area (Å²) in [4.78, 5) is 5.56. The van der Waals surface area contributed by atoms with Crippen LogP contribution in [0.1, 0.15) is 85.7 Å². The Balaban J connectivity index is 1.15. The maximum Gasteiger partial charge on any atom is 0.134 e. The molecule has 2 aromatic heterocycles. The summed E-state index contributed by atoms with van der Waals surface area (Å²) < 4.78 is 9.07. The van der Waals surface area contributed by atoms with Crippen molar-refractivity contribution in [3.63, 3.8) is 0 Å². The van der Waals surface area contributed by atoms with Gasteiger partial charge in [-0.15, -0.1) is 0 Å². The first kappa shape index (κ1) is 33.4. The minimum absolute atomic E-state index is 0.0901. The van der Waals surface area contributed by atoms with E-state index < -0.39 is 0 Å². The van der Waals surface area contributed by atoms with Gasteiger partial charge in [-0.2, -0.15) is 0 Å². The molecule has 2 unspecified atom stereocenters. The molecule has 0 saturated heterocycles. The van der Waals surface area contributed by atoms with Crippen LogP contribution in [0.15, 0.2) is 160 Å². The second kappa shape index (κ2) is 14.0. The molecule has 2 atom stereocenters. The summed E-state index contributed by atoms with van der Waals surface area (Å²) >= 11 is 0. The van der Waals surface area contributed by atoms with Crippen molar-refractivity contribution in [2.75, 3.05) is 0 Å². The number of aliphatic imine (C=N–C) groups is 1. The van der Waals surface area contributed by atoms with E-state index in [4.69, 9.17) is 9.41 Å². The van der Waals surface area contributed by atoms with E-state index >= 15 is 0 Å². The second-order valence-corrected chi connectivity index (χ2v) is 15.8. The lowest BCUT2D eigenvalue weighted by Crippen LogP contribution is -2.52. The average Bonchev–Trinajstić information content (AvgIpc) is 3.83. The molecule has 0 spiro atoms. The summed E-state index contributed by atoms with van der Waals surface area (Å²) in [5.41, 5.74) is 16.3. The minimum atomic E-state index is -0.211. The molecule has 56 heavy (non-hydrogen) atoms. The molecule has 11 rings (SSSR count). The molecule has 5 heteroatoms. The number of rotatable bonds is 6. The first-order valence-electron chi connectivity index (χ1n) is 20.7. The Morgan fingerprint density at radius 1 is 0.679 bits per heavy atom. The third kappa shape index (κ3) is 5.67. The Labute approximate surface area is 328 Å². The van der Waals surface area contributed by atoms with E-state index in [1.165, 1.54) is 80.2 Å². The largest absolute Gasteiger partial charge is 0.460 e. The Morgan fingerprint density at radius 2 is 1.50 bits per heavy atom. The molecule has 4 aliphatic carbocycles. The van der Waals surface area contributed by atoms with Crippen molar-refractivity contribution in [3.05, 3.63) is 178 Å². The van der Waals surface area contributed by atoms with Crippen molar-refractivity contribution < 1.29 is 4.42 Å². The number of aromatic nitrogens is 1. The lowest BCUT2D eigenvalue weighted by molar-refractivity contribution is 0.440. The maximum atomic E-state index is 6.52. The van der Waals surface area contributed by atoms with Crippen molar-refractivity contribution in [1.29, 1.82) is 0 Å². The van der Waals surface area contributed by atoms with Crippen LogP contribution in [-0.4, -0.2) is 16.6 Å². The fourth-order valence-corrected chi connectivity index (χ4v) is 9.81. The van der Waals surface area contributed by atoms with Crippen molar-refractivity contribution in [2.24, 2.45) is 4.99 Å². The molecule has 6 aromatic rings. The second-order valence-electron chi connectivity index (χ2n) is 15.8. The van der Waals surface area contributed by atoms with Crippen LogP contribution in [0.4, 0.5) is 0 Å². The third-order valence-corrected chi connectivity index (χ3v) is 12.4. The Morgan fingerprint density at radius 3 is 2.36 bits per heavy atom. The Kier molecular flexibility index (Phi) is 8.35. The van der Waals surface area contributed by atoms with Gasteiger partial charge < -0.3 is 14.3 Å². The number of nitrogens with zero attached hydrogens (tertiary/aromatic N) is 2. The van der Waals surface area contributed by atoms with Crippen LogP contribution < -0.4 is 10.6 Å². The number of fused-ring (bicyclic) bond motifs is 7. The molecule has 4 aromatic carbocycles. The van der Waals surface area contributed by atoms with Gasteiger partial charge in [0.15, 0.2) is 0 Å². The van der Waals surface area contributed by atoms with E-state index in [9.17, 15) is 0 Å². The molecular formula is C51H46N4O. The molecule has 3 heterocycles. The predicted molar refractivity (Wildman–Crippen MR) is 230 cm³/mol. The summed E-state index contributed by atoms with van der Waals surface area (Å²) in [5, 5.41) is 10.3. The van der Waals surface area contributed by atoms with Gasteiger partial charge in [0.25, 0.3) is 0 Å². The fraction of sp³-hybridized carbons (Fsp3) is 0.235. The summed E-state index contributed by atoms with van der Waals surface area (Å²) in [6, 6.07) is 35.3. The molecule has 5 aliphatic rings. The topological polar surface area (TPSA) is 54.5 Å². The predicted octanol–water partition coefficient (Wildman–Crippen LogP) is 12.0. The first-order chi connectivity index (χ1) is 27.8. The van der Waals surface area contributed by atoms with E-state index in [1.807, 2.05) is 0 Å². The highest BCUT2D eigenvalue weighted by molar-refractivity contribution is 6.10. The van der Waals surface area contributed by atoms with Crippen LogP contribution in [-0.2, 0) is 12.8 Å². The summed E-state index contributed by atoms with van der Waals surface area (Å²) in [5.74, 6) is 2.00. The van der Waals surface area contributed by atoms with Gasteiger partial charge in [-0.25, -0.2) is 4.99 Å². The number of para-hydroxylation sites is 2. The molecule has 5 nitrogen and oxygen atoms in total. The molecule has 0 saturated carbocycles. The maximum absolute atomic E-state index is 6.52. The van der Waals surface area contributed by atoms with Crippen LogP contribution in [0.5, 0.6) is 0 Å². The number of amidine groups is 1. The highest BCUT2D eigenvalue weighted by Crippen LogP contribution is 2.47. The monoisotopic (exact) mass is 730 g/mol. The van der Waals surface area contributed by atoms with Crippen molar-refractivity contribution in [2.45, 2.75) is 76.5 Å². The van der Waals surface area contributed by atoms with Crippen LogP contribution in [0.3, 0.4) is 0 Å². The van der Waals surface area contributed by atoms with Crippen molar-refractivity contribution in [1.82, 2.24) is 15.2 Å². The summed E-state index contributed by atoms with van der Waals surface area (Å²) in [6.07, 6.45) is 25.0. The number of allylic oxidation sites excluding steroid dienone is 8. The van der Waals surface area contributed by atoms with Gasteiger partial charge in [-0.3, -0.25) is 5.32 Å². The van der Waals surface area contributed by atoms with E-state index in [0.29, 0.717) is 0 Å². The number of aryl methyl sites for hydroxylation is 1. The summed E-state index contributed by atoms with van der Waals surface area (Å²) in [6.45, 7) is 0. The lowest BCUT2D eigenvalue weighted by Gasteiger charge is -2.34. The smallest absolute Gasteiger partial charge is 0.134 e. The Bertz CT molecular complexity index is 2710. The van der Waals surface area contributed by atoms with Gasteiger partial charge in [0.05, 0.1) is 11.2 Å². The molecule has 0 amide bonds. The molecule has 0 bridgehead atoms. The van der Waals surface area contributed by atoms with Crippen LogP contribution in [0.25, 0.3) is 44.3 Å². The number of hydrogen-bond donors (Lipinski definition) is 2. The van der Waals surface area contributed by atoms with E-state index in [-0.39, 0.29) is 12.3 Å². The van der Waals surface area contributed by atoms with Crippen molar-refractivity contribution in [3.8, 4) is 16.8 Å². The summed E-state index contributed by atoms with van der Waals surface area (Å²) in [7, 11) is 0. The van der Waals surface area contributed by atoms with Gasteiger partial charge in [-0.1, -0.05) is 109 Å². The zero-order valence-electron chi connectivity index (χ0n) is 31.7. The number of nitrogens with one attached hydrogen (secondary N) is 2. The molecular weight excluding hydrogens is 685 g/mol. The third-order valence-electron chi connectivity index (χ3n) is 12.4. The van der Waals surface area contributed by atoms with Gasteiger partial charge in [-0.05, 0) is 115 Å². The van der Waals surface area contributed by atoms with Crippen LogP contribution in [0, 0.1) is 0 Å². The van der Waals surface area contributed by atoms with E-state index in [1.54, 1.807) is 0 Å². The molecule has 1 aliphatic heterocycles. The quantitative estimate of drug-likeness (QED) is 0.179. The minimum Gasteiger partial charge on any atom is -0.460 e. The molecule has 0 radical (unpaired) electrons. The zero-order valence-corrected chi connectivity index (χ0v) is 31.7. The van der Waals surface area contributed by atoms with E-state index in [0.717, 1.165) is 78.9 Å². The van der Waals surface area contributed by atoms with Gasteiger partial charge in [0.2, 0.25) is 0 Å². The SMILES string of the molecule is C1=CC(C2NC(c3cc(C4=CCCC=C4C4=CCCCC4)ccc3-n3c4c(c5ccccc53)-c3c(oc5ccccc35)CC4)=NC(c3ccccc3)N2)=CCC1. The normalized spacial score (nSPS) is 20.7. The van der Waals surface area contributed by atoms with E-state index in [2.05, 4.69) is 149 Å². The average molecular weight is 731 g/mol. The van der Waals surface area contributed by atoms with Gasteiger partial charge in [0.1, 0.15) is 29.5 Å². The van der Waals surface area contributed by atoms with Gasteiger partial charge in [0, 0.05) is 39.6 Å². The highest BCUT2D eigenvalue weighted by atomic mass is 16.3. The zero-order chi connectivity index (χ0) is 37.0. The van der Waals surface area contributed by atoms with Gasteiger partial charge >= 0.3 is 0 Å². The fourth-order valence-electron chi connectivity index (χ4n) is 9.81. The lowest BCUT2D eigenvalue weighted by atomic mass is 9.82. The molecule has 276 valence electrons. The number of furan rings is 1. The molecule has 0 fully saturated rings. The number of benzene rings is 4. The van der Waals surface area contributed by atoms with Crippen molar-refractivity contribution >= 4 is 33.3 Å². The standard InChI is InChI=1S/C51H46N4O/c1-4-16-33(17-5-1)37-22-10-11-23-38(37)36-28-29-43(41(32-36)51-53-49(34-18-6-2-7-19-34)52-50(54-51)35-20-8-3-9-21-35)55-42-26-14-12-24-39(42)47-44(55)30-31-46-48(47)40-25-13-15-27-45(40)56-46/h2,6-8,12-16,18-29,32,49-50,52H,1,3-5,9-11,17,30-31H2,(H,53,54). The Hall–Kier alpha value is -5.91. The highest BCUT2D eigenvalue weighted by Gasteiger charge is 2.33. The van der Waals surface area contributed by atoms with Crippen LogP contribution in [0.2, 0.25) is 0 Å². The number of hydrogen-bond acceptors (Lipinski definition) is 4. The van der Waals surface area contributed by atoms with Crippen LogP contribution >= 0.6 is 0 Å². The first-order valence-corrected chi connectivity index (χ1v) is 20.7.